The van der Waals surface area contributed by atoms with Crippen molar-refractivity contribution in [1.29, 1.82) is 0 Å². The summed E-state index contributed by atoms with van der Waals surface area (Å²) in [6.07, 6.45) is 7.82. The van der Waals surface area contributed by atoms with Gasteiger partial charge in [0.25, 0.3) is 0 Å². The minimum Gasteiger partial charge on any atom is -0.323 e. The van der Waals surface area contributed by atoms with Crippen LogP contribution >= 0.6 is 0 Å². The van der Waals surface area contributed by atoms with Crippen LogP contribution in [-0.2, 0) is 4.79 Å². The molecule has 0 aromatic heterocycles. The van der Waals surface area contributed by atoms with Crippen LogP contribution in [0.5, 0.6) is 0 Å². The van der Waals surface area contributed by atoms with E-state index in [1.54, 1.807) is 0 Å². The number of carbonyl (C=O) groups is 1. The highest BCUT2D eigenvalue weighted by Gasteiger charge is 2.45. The third kappa shape index (κ3) is 3.61. The molecule has 1 saturated heterocycles. The van der Waals surface area contributed by atoms with E-state index in [9.17, 15) is 4.79 Å². The van der Waals surface area contributed by atoms with E-state index >= 15 is 0 Å². The molecule has 4 atom stereocenters. The van der Waals surface area contributed by atoms with Crippen molar-refractivity contribution in [2.24, 2.45) is 17.8 Å². The average molecular weight is 294 g/mol. The second kappa shape index (κ2) is 7.13. The molecular formula is C18H34N2O. The number of hydrogen-bond acceptors (Lipinski definition) is 2. The maximum atomic E-state index is 12.9. The zero-order valence-electron chi connectivity index (χ0n) is 14.6. The maximum absolute atomic E-state index is 12.9. The Balaban J connectivity index is 2.13. The fourth-order valence-electron chi connectivity index (χ4n) is 4.10. The van der Waals surface area contributed by atoms with Crippen molar-refractivity contribution < 1.29 is 4.79 Å². The molecule has 0 spiro atoms. The standard InChI is InChI=1S/C18H34N2O/c1-6-13(4)11-14(5)20-17(15-9-7-8-10-15)19-16(12(2)3)18(20)21/h12-17,19H,6-11H2,1-5H3. The van der Waals surface area contributed by atoms with E-state index in [4.69, 9.17) is 0 Å². The fraction of sp³-hybridized carbons (Fsp3) is 0.944. The van der Waals surface area contributed by atoms with Gasteiger partial charge in [0.2, 0.25) is 5.91 Å². The molecule has 2 rings (SSSR count). The van der Waals surface area contributed by atoms with Gasteiger partial charge in [0.05, 0.1) is 12.2 Å². The highest BCUT2D eigenvalue weighted by atomic mass is 16.2. The van der Waals surface area contributed by atoms with Gasteiger partial charge < -0.3 is 4.90 Å². The summed E-state index contributed by atoms with van der Waals surface area (Å²) < 4.78 is 0. The molecule has 3 nitrogen and oxygen atoms in total. The number of nitrogens with zero attached hydrogens (tertiary/aromatic N) is 1. The maximum Gasteiger partial charge on any atom is 0.241 e. The summed E-state index contributed by atoms with van der Waals surface area (Å²) in [6.45, 7) is 11.1. The molecule has 1 aliphatic carbocycles. The molecule has 0 bridgehead atoms. The molecule has 1 N–H and O–H groups in total. The molecule has 1 saturated carbocycles. The van der Waals surface area contributed by atoms with E-state index in [0.717, 1.165) is 6.42 Å². The van der Waals surface area contributed by atoms with E-state index < -0.39 is 0 Å². The van der Waals surface area contributed by atoms with Crippen molar-refractivity contribution in [3.63, 3.8) is 0 Å². The second-order valence-corrected chi connectivity index (χ2v) is 7.72. The molecule has 2 aliphatic rings. The number of rotatable bonds is 6. The van der Waals surface area contributed by atoms with Gasteiger partial charge in [-0.05, 0) is 43.9 Å². The summed E-state index contributed by atoms with van der Waals surface area (Å²) in [4.78, 5) is 15.1. The van der Waals surface area contributed by atoms with Gasteiger partial charge in [-0.25, -0.2) is 0 Å². The van der Waals surface area contributed by atoms with Gasteiger partial charge in [-0.1, -0.05) is 47.0 Å². The predicted molar refractivity (Wildman–Crippen MR) is 87.9 cm³/mol. The first-order chi connectivity index (χ1) is 9.95. The second-order valence-electron chi connectivity index (χ2n) is 7.72. The highest BCUT2D eigenvalue weighted by Crippen LogP contribution is 2.35. The Morgan fingerprint density at radius 1 is 1.19 bits per heavy atom. The van der Waals surface area contributed by atoms with Gasteiger partial charge in [-0.15, -0.1) is 0 Å². The van der Waals surface area contributed by atoms with Crippen LogP contribution in [0.15, 0.2) is 0 Å². The van der Waals surface area contributed by atoms with Crippen LogP contribution in [0.1, 0.15) is 73.1 Å². The summed E-state index contributed by atoms with van der Waals surface area (Å²) in [5, 5.41) is 3.68. The van der Waals surface area contributed by atoms with Gasteiger partial charge in [0, 0.05) is 6.04 Å². The van der Waals surface area contributed by atoms with Crippen LogP contribution in [0.25, 0.3) is 0 Å². The summed E-state index contributed by atoms with van der Waals surface area (Å²) in [5.74, 6) is 2.08. The van der Waals surface area contributed by atoms with Crippen molar-refractivity contribution in [3.8, 4) is 0 Å². The Morgan fingerprint density at radius 3 is 2.33 bits per heavy atom. The van der Waals surface area contributed by atoms with Gasteiger partial charge in [-0.3, -0.25) is 10.1 Å². The van der Waals surface area contributed by atoms with Gasteiger partial charge in [0.15, 0.2) is 0 Å². The third-order valence-corrected chi connectivity index (χ3v) is 5.60. The van der Waals surface area contributed by atoms with E-state index in [0.29, 0.717) is 29.7 Å². The number of hydrogen-bond donors (Lipinski definition) is 1. The Bertz CT molecular complexity index is 349. The Hall–Kier alpha value is -0.570. The quantitative estimate of drug-likeness (QED) is 0.808. The minimum absolute atomic E-state index is 0.0231. The van der Waals surface area contributed by atoms with Crippen LogP contribution in [0.3, 0.4) is 0 Å². The van der Waals surface area contributed by atoms with Crippen LogP contribution in [0, 0.1) is 17.8 Å². The first-order valence-corrected chi connectivity index (χ1v) is 9.03. The summed E-state index contributed by atoms with van der Waals surface area (Å²) in [6, 6.07) is 0.379. The molecule has 0 aromatic rings. The SMILES string of the molecule is CCC(C)CC(C)N1C(=O)C(C(C)C)NC1C1CCCC1. The normalized spacial score (nSPS) is 30.4. The first kappa shape index (κ1) is 16.8. The Morgan fingerprint density at radius 2 is 1.81 bits per heavy atom. The summed E-state index contributed by atoms with van der Waals surface area (Å²) in [5.41, 5.74) is 0. The molecule has 4 unspecified atom stereocenters. The molecule has 2 fully saturated rings. The highest BCUT2D eigenvalue weighted by molar-refractivity contribution is 5.85. The van der Waals surface area contributed by atoms with Crippen molar-refractivity contribution in [1.82, 2.24) is 10.2 Å². The molecule has 1 heterocycles. The Labute approximate surface area is 130 Å². The van der Waals surface area contributed by atoms with Crippen molar-refractivity contribution in [3.05, 3.63) is 0 Å². The van der Waals surface area contributed by atoms with E-state index in [1.807, 2.05) is 0 Å². The van der Waals surface area contributed by atoms with Crippen LogP contribution in [0.2, 0.25) is 0 Å². The fourth-order valence-corrected chi connectivity index (χ4v) is 4.10. The number of amides is 1. The lowest BCUT2D eigenvalue weighted by Crippen LogP contribution is -2.47. The zero-order chi connectivity index (χ0) is 15.6. The molecule has 0 aromatic carbocycles. The van der Waals surface area contributed by atoms with Crippen LogP contribution in [0.4, 0.5) is 0 Å². The average Bonchev–Trinajstić information content (AvgIpc) is 3.05. The molecule has 1 amide bonds. The lowest BCUT2D eigenvalue weighted by atomic mass is 9.97. The number of carbonyl (C=O) groups excluding carboxylic acids is 1. The van der Waals surface area contributed by atoms with Gasteiger partial charge in [0.1, 0.15) is 0 Å². The van der Waals surface area contributed by atoms with Crippen LogP contribution in [-0.4, -0.2) is 29.1 Å². The van der Waals surface area contributed by atoms with E-state index in [1.165, 1.54) is 32.1 Å². The molecule has 0 radical (unpaired) electrons. The van der Waals surface area contributed by atoms with E-state index in [2.05, 4.69) is 44.8 Å². The predicted octanol–water partition coefficient (Wildman–Crippen LogP) is 3.78. The first-order valence-electron chi connectivity index (χ1n) is 9.03. The third-order valence-electron chi connectivity index (χ3n) is 5.60. The zero-order valence-corrected chi connectivity index (χ0v) is 14.6. The topological polar surface area (TPSA) is 32.3 Å². The Kier molecular flexibility index (Phi) is 5.70. The van der Waals surface area contributed by atoms with Crippen molar-refractivity contribution in [2.45, 2.75) is 91.4 Å². The summed E-state index contributed by atoms with van der Waals surface area (Å²) >= 11 is 0. The summed E-state index contributed by atoms with van der Waals surface area (Å²) in [7, 11) is 0. The molecule has 1 aliphatic heterocycles. The molecule has 122 valence electrons. The lowest BCUT2D eigenvalue weighted by molar-refractivity contribution is -0.133. The molecular weight excluding hydrogens is 260 g/mol. The van der Waals surface area contributed by atoms with Gasteiger partial charge in [-0.2, -0.15) is 0 Å². The number of nitrogens with one attached hydrogen (secondary N) is 1. The minimum atomic E-state index is 0.0231. The largest absolute Gasteiger partial charge is 0.323 e. The lowest BCUT2D eigenvalue weighted by Gasteiger charge is -2.35. The smallest absolute Gasteiger partial charge is 0.241 e. The van der Waals surface area contributed by atoms with Crippen molar-refractivity contribution >= 4 is 5.91 Å². The molecule has 21 heavy (non-hydrogen) atoms. The van der Waals surface area contributed by atoms with Crippen molar-refractivity contribution in [2.75, 3.05) is 0 Å². The molecule has 3 heteroatoms. The van der Waals surface area contributed by atoms with E-state index in [-0.39, 0.29) is 12.2 Å². The van der Waals surface area contributed by atoms with Gasteiger partial charge >= 0.3 is 0 Å². The van der Waals surface area contributed by atoms with Crippen LogP contribution < -0.4 is 5.32 Å². The monoisotopic (exact) mass is 294 g/mol.